The van der Waals surface area contributed by atoms with Gasteiger partial charge in [-0.2, -0.15) is 9.78 Å². The fourth-order valence-electron chi connectivity index (χ4n) is 3.55. The summed E-state index contributed by atoms with van der Waals surface area (Å²) in [5, 5.41) is 7.52. The van der Waals surface area contributed by atoms with Gasteiger partial charge in [0.15, 0.2) is 5.78 Å². The van der Waals surface area contributed by atoms with Crippen molar-refractivity contribution in [3.05, 3.63) is 69.7 Å². The molecule has 0 bridgehead atoms. The maximum atomic E-state index is 12.7. The van der Waals surface area contributed by atoms with Gasteiger partial charge >= 0.3 is 0 Å². The van der Waals surface area contributed by atoms with Crippen molar-refractivity contribution < 1.29 is 14.3 Å². The van der Waals surface area contributed by atoms with Gasteiger partial charge in [0.1, 0.15) is 10.8 Å². The average molecular weight is 469 g/mol. The topological polar surface area (TPSA) is 95.3 Å². The molecule has 1 aliphatic rings. The van der Waals surface area contributed by atoms with Crippen LogP contribution in [-0.4, -0.2) is 40.3 Å². The monoisotopic (exact) mass is 468 g/mol. The summed E-state index contributed by atoms with van der Waals surface area (Å²) in [6.45, 7) is 4.00. The molecule has 172 valence electrons. The van der Waals surface area contributed by atoms with Crippen molar-refractivity contribution in [2.24, 2.45) is 5.92 Å². The highest BCUT2D eigenvalue weighted by atomic mass is 35.5. The summed E-state index contributed by atoms with van der Waals surface area (Å²) in [7, 11) is 0. The average Bonchev–Trinajstić information content (AvgIpc) is 2.86. The normalized spacial score (nSPS) is 15.8. The van der Waals surface area contributed by atoms with E-state index in [9.17, 15) is 9.59 Å². The molecule has 0 amide bonds. The van der Waals surface area contributed by atoms with Crippen molar-refractivity contribution in [1.29, 1.82) is 0 Å². The van der Waals surface area contributed by atoms with Crippen LogP contribution in [0.4, 0.5) is 5.69 Å². The molecule has 0 radical (unpaired) electrons. The van der Waals surface area contributed by atoms with E-state index in [2.05, 4.69) is 15.4 Å². The minimum absolute atomic E-state index is 0.0729. The van der Waals surface area contributed by atoms with E-state index in [1.54, 1.807) is 36.4 Å². The van der Waals surface area contributed by atoms with E-state index in [0.29, 0.717) is 54.1 Å². The Bertz CT molecular complexity index is 1160. The van der Waals surface area contributed by atoms with E-state index in [1.165, 1.54) is 17.1 Å². The van der Waals surface area contributed by atoms with Gasteiger partial charge in [0.05, 0.1) is 30.4 Å². The number of benzene rings is 1. The third-order valence-electron chi connectivity index (χ3n) is 5.44. The minimum Gasteiger partial charge on any atom is -0.439 e. The molecule has 1 aromatic carbocycles. The largest absolute Gasteiger partial charge is 0.439 e. The summed E-state index contributed by atoms with van der Waals surface area (Å²) in [4.78, 5) is 28.7. The fraction of sp³-hybridized carbons (Fsp3) is 0.333. The lowest BCUT2D eigenvalue weighted by molar-refractivity contribution is 0.0595. The SMILES string of the molecule is CCC(=O)c1ccc(Oc2ccc(-n3ncc(NCC4CCCOC4)c(Cl)c3=O)cn2)cc1. The number of carbonyl (C=O) groups excluding carboxylic acids is 1. The Morgan fingerprint density at radius 1 is 1.24 bits per heavy atom. The van der Waals surface area contributed by atoms with Crippen LogP contribution < -0.4 is 15.6 Å². The Morgan fingerprint density at radius 2 is 2.06 bits per heavy atom. The smallest absolute Gasteiger partial charge is 0.292 e. The number of ketones is 1. The lowest BCUT2D eigenvalue weighted by Crippen LogP contribution is -2.26. The summed E-state index contributed by atoms with van der Waals surface area (Å²) < 4.78 is 12.4. The van der Waals surface area contributed by atoms with E-state index in [4.69, 9.17) is 21.1 Å². The van der Waals surface area contributed by atoms with Crippen LogP contribution in [0.25, 0.3) is 5.69 Å². The Balaban J connectivity index is 1.43. The fourth-order valence-corrected chi connectivity index (χ4v) is 3.75. The Kier molecular flexibility index (Phi) is 7.36. The third kappa shape index (κ3) is 5.58. The molecular formula is C24H25ClN4O4. The van der Waals surface area contributed by atoms with Crippen LogP contribution in [0, 0.1) is 5.92 Å². The van der Waals surface area contributed by atoms with Gasteiger partial charge in [-0.1, -0.05) is 18.5 Å². The predicted octanol–water partition coefficient (Wildman–Crippen LogP) is 4.50. The second-order valence-corrected chi connectivity index (χ2v) is 8.19. The van der Waals surface area contributed by atoms with E-state index in [1.807, 2.05) is 6.92 Å². The number of anilines is 1. The molecule has 0 aliphatic carbocycles. The lowest BCUT2D eigenvalue weighted by atomic mass is 10.0. The molecule has 3 heterocycles. The van der Waals surface area contributed by atoms with E-state index in [-0.39, 0.29) is 10.8 Å². The van der Waals surface area contributed by atoms with Crippen LogP contribution in [0.1, 0.15) is 36.5 Å². The molecule has 8 nitrogen and oxygen atoms in total. The van der Waals surface area contributed by atoms with Crippen molar-refractivity contribution in [3.63, 3.8) is 0 Å². The Hall–Kier alpha value is -3.23. The highest BCUT2D eigenvalue weighted by molar-refractivity contribution is 6.32. The number of carbonyl (C=O) groups is 1. The van der Waals surface area contributed by atoms with E-state index < -0.39 is 5.56 Å². The Morgan fingerprint density at radius 3 is 2.73 bits per heavy atom. The Labute approximate surface area is 196 Å². The molecular weight excluding hydrogens is 444 g/mol. The molecule has 33 heavy (non-hydrogen) atoms. The zero-order valence-corrected chi connectivity index (χ0v) is 19.0. The van der Waals surface area contributed by atoms with Crippen LogP contribution in [0.15, 0.2) is 53.6 Å². The maximum Gasteiger partial charge on any atom is 0.292 e. The van der Waals surface area contributed by atoms with Gasteiger partial charge in [-0.25, -0.2) is 4.98 Å². The molecule has 4 rings (SSSR count). The zero-order chi connectivity index (χ0) is 23.2. The molecule has 0 saturated carbocycles. The minimum atomic E-state index is -0.437. The van der Waals surface area contributed by atoms with Crippen LogP contribution in [0.3, 0.4) is 0 Å². The molecule has 2 aromatic heterocycles. The number of rotatable bonds is 8. The first-order valence-corrected chi connectivity index (χ1v) is 11.3. The number of aromatic nitrogens is 3. The van der Waals surface area contributed by atoms with Crippen molar-refractivity contribution in [2.75, 3.05) is 25.1 Å². The van der Waals surface area contributed by atoms with Gasteiger partial charge < -0.3 is 14.8 Å². The van der Waals surface area contributed by atoms with Crippen LogP contribution in [0.5, 0.6) is 11.6 Å². The summed E-state index contributed by atoms with van der Waals surface area (Å²) in [5.74, 6) is 1.36. The number of hydrogen-bond acceptors (Lipinski definition) is 7. The van der Waals surface area contributed by atoms with Gasteiger partial charge in [-0.15, -0.1) is 0 Å². The highest BCUT2D eigenvalue weighted by Crippen LogP contribution is 2.22. The van der Waals surface area contributed by atoms with E-state index >= 15 is 0 Å². The number of ether oxygens (including phenoxy) is 2. The van der Waals surface area contributed by atoms with Gasteiger partial charge in [-0.05, 0) is 49.1 Å². The van der Waals surface area contributed by atoms with Crippen LogP contribution >= 0.6 is 11.6 Å². The van der Waals surface area contributed by atoms with Crippen molar-refractivity contribution in [2.45, 2.75) is 26.2 Å². The third-order valence-corrected chi connectivity index (χ3v) is 5.81. The number of hydrogen-bond donors (Lipinski definition) is 1. The molecule has 1 aliphatic heterocycles. The van der Waals surface area contributed by atoms with Crippen molar-refractivity contribution in [3.8, 4) is 17.3 Å². The van der Waals surface area contributed by atoms with E-state index in [0.717, 1.165) is 19.4 Å². The first-order chi connectivity index (χ1) is 16.0. The molecule has 1 atom stereocenters. The van der Waals surface area contributed by atoms with Gasteiger partial charge in [0.25, 0.3) is 5.56 Å². The second-order valence-electron chi connectivity index (χ2n) is 7.81. The van der Waals surface area contributed by atoms with Gasteiger partial charge in [0, 0.05) is 31.2 Å². The quantitative estimate of drug-likeness (QED) is 0.486. The van der Waals surface area contributed by atoms with Crippen LogP contribution in [0.2, 0.25) is 5.02 Å². The number of pyridine rings is 1. The zero-order valence-electron chi connectivity index (χ0n) is 18.3. The standard InChI is InChI=1S/C24H25ClN4O4/c1-2-21(30)17-5-8-19(9-6-17)33-22-10-7-18(13-27-22)29-24(31)23(25)20(14-28-29)26-12-16-4-3-11-32-15-16/h5-10,13-14,16,26H,2-4,11-12,15H2,1H3. The first kappa shape index (κ1) is 22.9. The van der Waals surface area contributed by atoms with Crippen molar-refractivity contribution >= 4 is 23.1 Å². The summed E-state index contributed by atoms with van der Waals surface area (Å²) in [6.07, 6.45) is 5.60. The summed E-state index contributed by atoms with van der Waals surface area (Å²) in [5.41, 5.74) is 1.17. The van der Waals surface area contributed by atoms with Crippen LogP contribution in [-0.2, 0) is 4.74 Å². The number of Topliss-reactive ketones (excluding diaryl/α,β-unsaturated/α-hetero) is 1. The predicted molar refractivity (Wildman–Crippen MR) is 126 cm³/mol. The molecule has 1 unspecified atom stereocenters. The summed E-state index contributed by atoms with van der Waals surface area (Å²) in [6, 6.07) is 10.2. The number of nitrogens with one attached hydrogen (secondary N) is 1. The second kappa shape index (κ2) is 10.6. The maximum absolute atomic E-state index is 12.7. The van der Waals surface area contributed by atoms with Crippen molar-refractivity contribution in [1.82, 2.24) is 14.8 Å². The first-order valence-electron chi connectivity index (χ1n) is 10.9. The summed E-state index contributed by atoms with van der Waals surface area (Å²) >= 11 is 6.31. The number of nitrogens with zero attached hydrogens (tertiary/aromatic N) is 3. The van der Waals surface area contributed by atoms with Gasteiger partial charge in [-0.3, -0.25) is 9.59 Å². The molecule has 9 heteroatoms. The molecule has 1 saturated heterocycles. The molecule has 0 spiro atoms. The van der Waals surface area contributed by atoms with Gasteiger partial charge in [0.2, 0.25) is 5.88 Å². The molecule has 1 N–H and O–H groups in total. The molecule has 1 fully saturated rings. The number of halogens is 1. The molecule has 3 aromatic rings. The highest BCUT2D eigenvalue weighted by Gasteiger charge is 2.16. The lowest BCUT2D eigenvalue weighted by Gasteiger charge is -2.22.